The Hall–Kier alpha value is -1.20. The predicted molar refractivity (Wildman–Crippen MR) is 65.4 cm³/mol. The fourth-order valence-electron chi connectivity index (χ4n) is 1.71. The fourth-order valence-corrected chi connectivity index (χ4v) is 2.43. The minimum atomic E-state index is 0.273. The van der Waals surface area contributed by atoms with Gasteiger partial charge in [-0.2, -0.15) is 5.10 Å². The van der Waals surface area contributed by atoms with Crippen LogP contribution in [0, 0.1) is 0 Å². The van der Waals surface area contributed by atoms with Gasteiger partial charge in [0.1, 0.15) is 12.2 Å². The van der Waals surface area contributed by atoms with E-state index in [0.717, 1.165) is 25.2 Å². The highest BCUT2D eigenvalue weighted by molar-refractivity contribution is 7.09. The molecule has 4 nitrogen and oxygen atoms in total. The van der Waals surface area contributed by atoms with Gasteiger partial charge in [-0.15, -0.1) is 11.3 Å². The van der Waals surface area contributed by atoms with E-state index in [0.29, 0.717) is 0 Å². The maximum absolute atomic E-state index is 4.21. The van der Waals surface area contributed by atoms with Gasteiger partial charge < -0.3 is 5.32 Å². The van der Waals surface area contributed by atoms with Crippen molar-refractivity contribution in [3.63, 3.8) is 0 Å². The molecule has 2 aromatic heterocycles. The molecule has 0 saturated heterocycles. The van der Waals surface area contributed by atoms with Gasteiger partial charge in [0.2, 0.25) is 0 Å². The van der Waals surface area contributed by atoms with Crippen molar-refractivity contribution in [2.24, 2.45) is 0 Å². The number of nitrogens with zero attached hydrogens (tertiary/aromatic N) is 2. The quantitative estimate of drug-likeness (QED) is 0.808. The Morgan fingerprint density at radius 3 is 3.12 bits per heavy atom. The predicted octanol–water partition coefficient (Wildman–Crippen LogP) is 2.15. The maximum atomic E-state index is 4.21. The van der Waals surface area contributed by atoms with E-state index >= 15 is 0 Å². The molecular weight excluding hydrogens is 220 g/mol. The minimum absolute atomic E-state index is 0.273. The molecule has 0 aromatic carbocycles. The molecule has 0 aliphatic heterocycles. The number of thiophene rings is 1. The van der Waals surface area contributed by atoms with Gasteiger partial charge in [-0.25, -0.2) is 4.98 Å². The lowest BCUT2D eigenvalue weighted by molar-refractivity contribution is 0.493. The Morgan fingerprint density at radius 2 is 2.50 bits per heavy atom. The molecule has 0 aliphatic carbocycles. The van der Waals surface area contributed by atoms with Crippen molar-refractivity contribution in [2.45, 2.75) is 25.8 Å². The normalized spacial score (nSPS) is 12.8. The van der Waals surface area contributed by atoms with Gasteiger partial charge in [0.05, 0.1) is 6.04 Å². The van der Waals surface area contributed by atoms with Gasteiger partial charge in [-0.3, -0.25) is 5.10 Å². The van der Waals surface area contributed by atoms with Crippen LogP contribution < -0.4 is 5.32 Å². The number of rotatable bonds is 6. The topological polar surface area (TPSA) is 53.6 Å². The van der Waals surface area contributed by atoms with Crippen molar-refractivity contribution in [1.29, 1.82) is 0 Å². The van der Waals surface area contributed by atoms with Crippen LogP contribution in [0.15, 0.2) is 23.8 Å². The molecule has 5 heteroatoms. The summed E-state index contributed by atoms with van der Waals surface area (Å²) in [5.74, 6) is 0.929. The molecule has 2 heterocycles. The van der Waals surface area contributed by atoms with Gasteiger partial charge in [-0.1, -0.05) is 13.0 Å². The number of aromatic nitrogens is 3. The average Bonchev–Trinajstić information content (AvgIpc) is 2.96. The molecule has 0 saturated carbocycles. The lowest BCUT2D eigenvalue weighted by Gasteiger charge is -2.14. The summed E-state index contributed by atoms with van der Waals surface area (Å²) in [6.07, 6.45) is 3.68. The minimum Gasteiger partial charge on any atom is -0.308 e. The van der Waals surface area contributed by atoms with Gasteiger partial charge in [-0.05, 0) is 30.8 Å². The summed E-state index contributed by atoms with van der Waals surface area (Å²) < 4.78 is 0. The second kappa shape index (κ2) is 5.77. The zero-order chi connectivity index (χ0) is 11.2. The number of nitrogens with one attached hydrogen (secondary N) is 2. The van der Waals surface area contributed by atoms with E-state index in [1.165, 1.54) is 4.88 Å². The lowest BCUT2D eigenvalue weighted by atomic mass is 10.1. The summed E-state index contributed by atoms with van der Waals surface area (Å²) in [5.41, 5.74) is 0. The molecule has 0 radical (unpaired) electrons. The van der Waals surface area contributed by atoms with Crippen LogP contribution in [-0.2, 0) is 6.42 Å². The molecular formula is C11H16N4S. The highest BCUT2D eigenvalue weighted by Gasteiger charge is 2.13. The summed E-state index contributed by atoms with van der Waals surface area (Å²) in [6.45, 7) is 3.05. The molecule has 0 amide bonds. The first kappa shape index (κ1) is 11.3. The fraction of sp³-hybridized carbons (Fsp3) is 0.455. The van der Waals surface area contributed by atoms with E-state index in [1.54, 1.807) is 17.7 Å². The molecule has 0 bridgehead atoms. The Balaban J connectivity index is 1.93. The monoisotopic (exact) mass is 236 g/mol. The van der Waals surface area contributed by atoms with Crippen LogP contribution in [-0.4, -0.2) is 21.7 Å². The number of H-pyrrole nitrogens is 1. The van der Waals surface area contributed by atoms with Gasteiger partial charge in [0.15, 0.2) is 0 Å². The third kappa shape index (κ3) is 2.90. The largest absolute Gasteiger partial charge is 0.308 e. The van der Waals surface area contributed by atoms with Crippen LogP contribution in [0.5, 0.6) is 0 Å². The van der Waals surface area contributed by atoms with Crippen LogP contribution >= 0.6 is 11.3 Å². The first-order valence-corrected chi connectivity index (χ1v) is 6.39. The Morgan fingerprint density at radius 1 is 1.56 bits per heavy atom. The van der Waals surface area contributed by atoms with E-state index < -0.39 is 0 Å². The number of aromatic amines is 1. The zero-order valence-electron chi connectivity index (χ0n) is 9.31. The Labute approximate surface area is 99.1 Å². The van der Waals surface area contributed by atoms with Gasteiger partial charge >= 0.3 is 0 Å². The summed E-state index contributed by atoms with van der Waals surface area (Å²) in [7, 11) is 0. The summed E-state index contributed by atoms with van der Waals surface area (Å²) in [4.78, 5) is 5.63. The Bertz CT molecular complexity index is 382. The molecule has 0 fully saturated rings. The van der Waals surface area contributed by atoms with Crippen LogP contribution in [0.25, 0.3) is 0 Å². The second-order valence-electron chi connectivity index (χ2n) is 3.60. The maximum Gasteiger partial charge on any atom is 0.141 e. The third-order valence-electron chi connectivity index (χ3n) is 2.47. The second-order valence-corrected chi connectivity index (χ2v) is 4.63. The molecule has 0 spiro atoms. The summed E-state index contributed by atoms with van der Waals surface area (Å²) in [5, 5.41) is 12.4. The molecule has 1 atom stereocenters. The first-order chi connectivity index (χ1) is 7.90. The van der Waals surface area contributed by atoms with E-state index in [-0.39, 0.29) is 6.04 Å². The Kier molecular flexibility index (Phi) is 4.07. The standard InChI is InChI=1S/C11H16N4S/c1-2-12-10(11-13-8-14-15-11)6-5-9-4-3-7-16-9/h3-4,7-8,10,12H,2,5-6H2,1H3,(H,13,14,15). The van der Waals surface area contributed by atoms with Crippen molar-refractivity contribution in [2.75, 3.05) is 6.54 Å². The lowest BCUT2D eigenvalue weighted by Crippen LogP contribution is -2.22. The summed E-state index contributed by atoms with van der Waals surface area (Å²) in [6, 6.07) is 4.54. The van der Waals surface area contributed by atoms with Crippen LogP contribution in [0.4, 0.5) is 0 Å². The molecule has 0 aliphatic rings. The van der Waals surface area contributed by atoms with E-state index in [9.17, 15) is 0 Å². The van der Waals surface area contributed by atoms with Gasteiger partial charge in [0, 0.05) is 4.88 Å². The highest BCUT2D eigenvalue weighted by atomic mass is 32.1. The molecule has 16 heavy (non-hydrogen) atoms. The molecule has 2 N–H and O–H groups in total. The number of aryl methyl sites for hydroxylation is 1. The van der Waals surface area contributed by atoms with Crippen molar-refractivity contribution in [3.05, 3.63) is 34.5 Å². The first-order valence-electron chi connectivity index (χ1n) is 5.51. The van der Waals surface area contributed by atoms with Crippen molar-refractivity contribution >= 4 is 11.3 Å². The third-order valence-corrected chi connectivity index (χ3v) is 3.41. The van der Waals surface area contributed by atoms with Crippen molar-refractivity contribution in [1.82, 2.24) is 20.5 Å². The molecule has 2 rings (SSSR count). The van der Waals surface area contributed by atoms with E-state index in [1.807, 2.05) is 0 Å². The van der Waals surface area contributed by atoms with Gasteiger partial charge in [0.25, 0.3) is 0 Å². The summed E-state index contributed by atoms with van der Waals surface area (Å²) >= 11 is 1.81. The highest BCUT2D eigenvalue weighted by Crippen LogP contribution is 2.18. The van der Waals surface area contributed by atoms with Crippen LogP contribution in [0.2, 0.25) is 0 Å². The zero-order valence-corrected chi connectivity index (χ0v) is 10.1. The van der Waals surface area contributed by atoms with E-state index in [2.05, 4.69) is 44.9 Å². The SMILES string of the molecule is CCNC(CCc1cccs1)c1ncn[nH]1. The van der Waals surface area contributed by atoms with Crippen molar-refractivity contribution < 1.29 is 0 Å². The average molecular weight is 236 g/mol. The molecule has 1 unspecified atom stereocenters. The number of hydrogen-bond donors (Lipinski definition) is 2. The molecule has 2 aromatic rings. The molecule has 86 valence electrons. The smallest absolute Gasteiger partial charge is 0.141 e. The van der Waals surface area contributed by atoms with E-state index in [4.69, 9.17) is 0 Å². The number of hydrogen-bond acceptors (Lipinski definition) is 4. The van der Waals surface area contributed by atoms with Crippen molar-refractivity contribution in [3.8, 4) is 0 Å². The van der Waals surface area contributed by atoms with Crippen LogP contribution in [0.1, 0.15) is 30.1 Å². The van der Waals surface area contributed by atoms with Crippen LogP contribution in [0.3, 0.4) is 0 Å².